The molecule has 6 nitrogen and oxygen atoms in total. The summed E-state index contributed by atoms with van der Waals surface area (Å²) in [5.74, 6) is 0.118. The number of esters is 1. The lowest BCUT2D eigenvalue weighted by Crippen LogP contribution is -2.40. The highest BCUT2D eigenvalue weighted by Crippen LogP contribution is 2.40. The molecule has 0 unspecified atom stereocenters. The van der Waals surface area contributed by atoms with Crippen molar-refractivity contribution in [3.63, 3.8) is 0 Å². The smallest absolute Gasteiger partial charge is 0.338 e. The van der Waals surface area contributed by atoms with Gasteiger partial charge in [-0.2, -0.15) is 0 Å². The molecule has 1 aliphatic heterocycles. The minimum Gasteiger partial charge on any atom is -0.507 e. The molecule has 240 valence electrons. The molecule has 1 aromatic heterocycles. The highest BCUT2D eigenvalue weighted by molar-refractivity contribution is 7.07. The zero-order valence-electron chi connectivity index (χ0n) is 28.3. The minimum absolute atomic E-state index is 0.195. The number of hydrogen-bond acceptors (Lipinski definition) is 6. The van der Waals surface area contributed by atoms with Gasteiger partial charge in [-0.05, 0) is 58.6 Å². The molecule has 0 saturated carbocycles. The molecule has 0 bridgehead atoms. The highest BCUT2D eigenvalue weighted by Gasteiger charge is 2.35. The summed E-state index contributed by atoms with van der Waals surface area (Å²) >= 11 is 1.30. The fourth-order valence-corrected chi connectivity index (χ4v) is 6.85. The normalized spacial score (nSPS) is 15.6. The number of carbonyl (C=O) groups is 1. The van der Waals surface area contributed by atoms with Gasteiger partial charge in [0, 0.05) is 16.7 Å². The van der Waals surface area contributed by atoms with Crippen LogP contribution in [0.4, 0.5) is 0 Å². The lowest BCUT2D eigenvalue weighted by molar-refractivity contribution is -0.138. The topological polar surface area (TPSA) is 80.9 Å². The van der Waals surface area contributed by atoms with Crippen molar-refractivity contribution in [2.24, 2.45) is 4.99 Å². The first kappa shape index (κ1) is 33.1. The summed E-state index contributed by atoms with van der Waals surface area (Å²) in [5, 5.41) is 11.3. The fraction of sp³-hybridized carbons (Fsp3) is 0.359. The van der Waals surface area contributed by atoms with Crippen molar-refractivity contribution in [3.8, 4) is 5.75 Å². The Morgan fingerprint density at radius 2 is 1.57 bits per heavy atom. The Labute approximate surface area is 275 Å². The Morgan fingerprint density at radius 3 is 2.09 bits per heavy atom. The zero-order chi connectivity index (χ0) is 33.6. The molecule has 2 heterocycles. The molecule has 1 aliphatic rings. The van der Waals surface area contributed by atoms with Crippen LogP contribution in [0.3, 0.4) is 0 Å². The van der Waals surface area contributed by atoms with Gasteiger partial charge < -0.3 is 9.84 Å². The molecule has 4 aromatic rings. The average molecular weight is 637 g/mol. The largest absolute Gasteiger partial charge is 0.507 e. The molecule has 0 amide bonds. The maximum absolute atomic E-state index is 14.4. The number of phenolic OH excluding ortho intramolecular Hbond substituents is 1. The quantitative estimate of drug-likeness (QED) is 0.224. The number of fused-ring (bicyclic) bond motifs is 1. The van der Waals surface area contributed by atoms with Gasteiger partial charge in [0.15, 0.2) is 4.80 Å². The predicted molar refractivity (Wildman–Crippen MR) is 187 cm³/mol. The van der Waals surface area contributed by atoms with E-state index in [9.17, 15) is 14.7 Å². The standard InChI is InChI=1S/C39H44N2O4S/c1-10-45-36(44)31-32(26-14-12-11-13-15-26)40-37-41(33(31)27-18-16-25(17-19-27)23(2)3)35(43)30(46-37)22-24-20-28(38(4,5)6)34(42)29(21-24)39(7,8)9/h11-23,33,42H,10H2,1-9H3/b30-22+/t33-/m0/s1. The number of benzene rings is 3. The van der Waals surface area contributed by atoms with E-state index in [1.54, 1.807) is 11.5 Å². The molecule has 0 fully saturated rings. The number of thiazole rings is 1. The minimum atomic E-state index is -0.732. The second-order valence-electron chi connectivity index (χ2n) is 14.2. The summed E-state index contributed by atoms with van der Waals surface area (Å²) in [6.45, 7) is 18.6. The first-order valence-electron chi connectivity index (χ1n) is 15.9. The Kier molecular flexibility index (Phi) is 9.02. The van der Waals surface area contributed by atoms with E-state index in [2.05, 4.69) is 67.5 Å². The molecule has 0 spiro atoms. The van der Waals surface area contributed by atoms with Crippen molar-refractivity contribution in [2.75, 3.05) is 6.61 Å². The van der Waals surface area contributed by atoms with E-state index in [0.717, 1.165) is 33.4 Å². The molecule has 0 aliphatic carbocycles. The summed E-state index contributed by atoms with van der Waals surface area (Å²) in [7, 11) is 0. The van der Waals surface area contributed by atoms with Crippen molar-refractivity contribution in [3.05, 3.63) is 125 Å². The third kappa shape index (κ3) is 6.38. The summed E-state index contributed by atoms with van der Waals surface area (Å²) in [6.07, 6.45) is 1.88. The molecular weight excluding hydrogens is 593 g/mol. The van der Waals surface area contributed by atoms with Gasteiger partial charge in [0.05, 0.1) is 28.5 Å². The summed E-state index contributed by atoms with van der Waals surface area (Å²) < 4.78 is 7.73. The van der Waals surface area contributed by atoms with Gasteiger partial charge in [0.1, 0.15) is 5.75 Å². The van der Waals surface area contributed by atoms with Crippen LogP contribution in [0.2, 0.25) is 0 Å². The molecular formula is C39H44N2O4S. The lowest BCUT2D eigenvalue weighted by Gasteiger charge is -2.27. The molecule has 0 radical (unpaired) electrons. The van der Waals surface area contributed by atoms with Crippen molar-refractivity contribution < 1.29 is 14.6 Å². The van der Waals surface area contributed by atoms with E-state index >= 15 is 0 Å². The molecule has 0 saturated heterocycles. The molecule has 1 N–H and O–H groups in total. The number of aromatic hydroxyl groups is 1. The van der Waals surface area contributed by atoms with E-state index in [1.807, 2.05) is 60.7 Å². The predicted octanol–water partition coefficient (Wildman–Crippen LogP) is 7.36. The van der Waals surface area contributed by atoms with Gasteiger partial charge >= 0.3 is 5.97 Å². The van der Waals surface area contributed by atoms with Gasteiger partial charge in [-0.15, -0.1) is 0 Å². The van der Waals surface area contributed by atoms with Crippen molar-refractivity contribution in [1.29, 1.82) is 0 Å². The molecule has 3 aromatic carbocycles. The number of aromatic nitrogens is 1. The number of ether oxygens (including phenoxy) is 1. The SMILES string of the molecule is CCOC(=O)C1=C(c2ccccc2)N=c2s/c(=C/c3cc(C(C)(C)C)c(O)c(C(C)(C)C)c3)c(=O)n2[C@H]1c1ccc(C(C)C)cc1. The van der Waals surface area contributed by atoms with E-state index in [-0.39, 0.29) is 28.7 Å². The van der Waals surface area contributed by atoms with E-state index in [0.29, 0.717) is 26.5 Å². The van der Waals surface area contributed by atoms with E-state index in [4.69, 9.17) is 9.73 Å². The third-order valence-electron chi connectivity index (χ3n) is 8.34. The average Bonchev–Trinajstić information content (AvgIpc) is 3.30. The summed E-state index contributed by atoms with van der Waals surface area (Å²) in [4.78, 5) is 33.7. The lowest BCUT2D eigenvalue weighted by atomic mass is 9.78. The van der Waals surface area contributed by atoms with Gasteiger partial charge in [-0.3, -0.25) is 9.36 Å². The molecule has 1 atom stereocenters. The summed E-state index contributed by atoms with van der Waals surface area (Å²) in [6, 6.07) is 20.9. The highest BCUT2D eigenvalue weighted by atomic mass is 32.1. The number of nitrogens with zero attached hydrogens (tertiary/aromatic N) is 2. The molecule has 7 heteroatoms. The second-order valence-corrected chi connectivity index (χ2v) is 15.2. The van der Waals surface area contributed by atoms with Crippen LogP contribution in [0.5, 0.6) is 5.75 Å². The maximum Gasteiger partial charge on any atom is 0.338 e. The summed E-state index contributed by atoms with van der Waals surface area (Å²) in [5.41, 5.74) is 5.16. The number of phenols is 1. The Balaban J connectivity index is 1.83. The van der Waals surface area contributed by atoms with Crippen LogP contribution < -0.4 is 14.9 Å². The third-order valence-corrected chi connectivity index (χ3v) is 9.32. The Morgan fingerprint density at radius 1 is 0.978 bits per heavy atom. The van der Waals surface area contributed by atoms with E-state index in [1.165, 1.54) is 11.3 Å². The van der Waals surface area contributed by atoms with Crippen molar-refractivity contribution in [2.45, 2.75) is 85.1 Å². The zero-order valence-corrected chi connectivity index (χ0v) is 29.1. The van der Waals surface area contributed by atoms with Crippen LogP contribution in [0, 0.1) is 0 Å². The van der Waals surface area contributed by atoms with Crippen LogP contribution in [0.15, 0.2) is 82.1 Å². The fourth-order valence-electron chi connectivity index (χ4n) is 5.85. The van der Waals surface area contributed by atoms with Crippen LogP contribution in [0.1, 0.15) is 108 Å². The molecule has 46 heavy (non-hydrogen) atoms. The maximum atomic E-state index is 14.4. The van der Waals surface area contributed by atoms with Crippen molar-refractivity contribution >= 4 is 29.1 Å². The van der Waals surface area contributed by atoms with Crippen LogP contribution in [-0.2, 0) is 20.4 Å². The van der Waals surface area contributed by atoms with Gasteiger partial charge in [-0.1, -0.05) is 121 Å². The Hall–Kier alpha value is -4.23. The first-order chi connectivity index (χ1) is 21.6. The van der Waals surface area contributed by atoms with Crippen LogP contribution in [-0.4, -0.2) is 22.2 Å². The second kappa shape index (κ2) is 12.5. The first-order valence-corrected chi connectivity index (χ1v) is 16.7. The Bertz CT molecular complexity index is 1950. The molecule has 5 rings (SSSR count). The number of carbonyl (C=O) groups excluding carboxylic acids is 1. The van der Waals surface area contributed by atoms with Crippen LogP contribution >= 0.6 is 11.3 Å². The number of hydrogen-bond donors (Lipinski definition) is 1. The van der Waals surface area contributed by atoms with Crippen LogP contribution in [0.25, 0.3) is 11.8 Å². The number of rotatable bonds is 6. The van der Waals surface area contributed by atoms with Gasteiger partial charge in [0.2, 0.25) is 0 Å². The van der Waals surface area contributed by atoms with E-state index < -0.39 is 12.0 Å². The van der Waals surface area contributed by atoms with Gasteiger partial charge in [0.25, 0.3) is 5.56 Å². The monoisotopic (exact) mass is 636 g/mol. The van der Waals surface area contributed by atoms with Gasteiger partial charge in [-0.25, -0.2) is 9.79 Å². The van der Waals surface area contributed by atoms with Crippen molar-refractivity contribution in [1.82, 2.24) is 4.57 Å².